The molecule has 2 rings (SSSR count). The molecule has 0 atom stereocenters. The van der Waals surface area contributed by atoms with Gasteiger partial charge in [-0.05, 0) is 49.2 Å². The molecule has 0 fully saturated rings. The van der Waals surface area contributed by atoms with Gasteiger partial charge in [-0.2, -0.15) is 5.10 Å². The fourth-order valence-electron chi connectivity index (χ4n) is 2.33. The van der Waals surface area contributed by atoms with E-state index in [0.29, 0.717) is 51.6 Å². The minimum Gasteiger partial charge on any atom is -0.494 e. The summed E-state index contributed by atoms with van der Waals surface area (Å²) in [6, 6.07) is 8.26. The van der Waals surface area contributed by atoms with E-state index in [0.717, 1.165) is 6.42 Å². The Labute approximate surface area is 174 Å². The minimum absolute atomic E-state index is 0.354. The second-order valence-corrected chi connectivity index (χ2v) is 6.47. The van der Waals surface area contributed by atoms with Gasteiger partial charge in [0.25, 0.3) is 5.91 Å². The maximum atomic E-state index is 12.4. The topological polar surface area (TPSA) is 69.2 Å². The first kappa shape index (κ1) is 21.9. The predicted octanol–water partition coefficient (Wildman–Crippen LogP) is 4.95. The van der Waals surface area contributed by atoms with Gasteiger partial charge in [-0.25, -0.2) is 5.43 Å². The van der Waals surface area contributed by atoms with Gasteiger partial charge < -0.3 is 14.2 Å². The number of hydrogen-bond donors (Lipinski definition) is 1. The Morgan fingerprint density at radius 2 is 1.82 bits per heavy atom. The lowest BCUT2D eigenvalue weighted by Gasteiger charge is -2.12. The molecule has 6 nitrogen and oxygen atoms in total. The van der Waals surface area contributed by atoms with E-state index in [1.165, 1.54) is 13.3 Å². The average molecular weight is 425 g/mol. The molecule has 8 heteroatoms. The van der Waals surface area contributed by atoms with Crippen LogP contribution in [0.25, 0.3) is 0 Å². The van der Waals surface area contributed by atoms with Crippen molar-refractivity contribution in [3.63, 3.8) is 0 Å². The fourth-order valence-corrected chi connectivity index (χ4v) is 2.99. The first-order valence-corrected chi connectivity index (χ1v) is 9.51. The van der Waals surface area contributed by atoms with Crippen LogP contribution in [0.2, 0.25) is 10.0 Å². The van der Waals surface area contributed by atoms with Crippen LogP contribution in [0.3, 0.4) is 0 Å². The summed E-state index contributed by atoms with van der Waals surface area (Å²) in [5.41, 5.74) is 3.48. The molecule has 0 aromatic heterocycles. The average Bonchev–Trinajstić information content (AvgIpc) is 2.67. The van der Waals surface area contributed by atoms with E-state index in [9.17, 15) is 4.79 Å². The largest absolute Gasteiger partial charge is 0.494 e. The van der Waals surface area contributed by atoms with Crippen molar-refractivity contribution in [2.24, 2.45) is 5.10 Å². The lowest BCUT2D eigenvalue weighted by atomic mass is 10.2. The van der Waals surface area contributed by atoms with Crippen LogP contribution < -0.4 is 19.6 Å². The van der Waals surface area contributed by atoms with E-state index in [1.807, 2.05) is 13.8 Å². The molecule has 1 N–H and O–H groups in total. The number of carbonyl (C=O) groups is 1. The SMILES string of the molecule is CCCOc1ccc(C(=O)N/N=C/c2cc(Cl)c(OC)c(Cl)c2)cc1OCC. The van der Waals surface area contributed by atoms with E-state index in [2.05, 4.69) is 10.5 Å². The van der Waals surface area contributed by atoms with Crippen molar-refractivity contribution in [3.8, 4) is 17.2 Å². The van der Waals surface area contributed by atoms with Crippen LogP contribution in [-0.4, -0.2) is 32.4 Å². The maximum Gasteiger partial charge on any atom is 0.271 e. The van der Waals surface area contributed by atoms with Gasteiger partial charge in [0.15, 0.2) is 17.2 Å². The summed E-state index contributed by atoms with van der Waals surface area (Å²) in [7, 11) is 1.48. The maximum absolute atomic E-state index is 12.4. The molecule has 0 unspecified atom stereocenters. The van der Waals surface area contributed by atoms with E-state index in [1.54, 1.807) is 30.3 Å². The number of methoxy groups -OCH3 is 1. The van der Waals surface area contributed by atoms with Crippen LogP contribution in [0.4, 0.5) is 0 Å². The Kier molecular flexibility index (Phi) is 8.42. The molecular weight excluding hydrogens is 403 g/mol. The Balaban J connectivity index is 2.10. The van der Waals surface area contributed by atoms with E-state index < -0.39 is 0 Å². The molecule has 28 heavy (non-hydrogen) atoms. The number of ether oxygens (including phenoxy) is 3. The molecule has 0 aliphatic heterocycles. The normalized spacial score (nSPS) is 10.8. The predicted molar refractivity (Wildman–Crippen MR) is 111 cm³/mol. The molecule has 2 aromatic carbocycles. The molecule has 0 spiro atoms. The standard InChI is InChI=1S/C20H22Cl2N2O4/c1-4-8-28-17-7-6-14(11-18(17)27-5-2)20(25)24-23-12-13-9-15(21)19(26-3)16(22)10-13/h6-7,9-12H,4-5,8H2,1-3H3,(H,24,25)/b23-12+. The van der Waals surface area contributed by atoms with E-state index in [-0.39, 0.29) is 5.91 Å². The van der Waals surface area contributed by atoms with Gasteiger partial charge in [-0.15, -0.1) is 0 Å². The van der Waals surface area contributed by atoms with E-state index >= 15 is 0 Å². The molecule has 1 amide bonds. The first-order valence-electron chi connectivity index (χ1n) is 8.76. The van der Waals surface area contributed by atoms with Crippen LogP contribution in [0.1, 0.15) is 36.2 Å². The van der Waals surface area contributed by atoms with Crippen LogP contribution in [0.15, 0.2) is 35.4 Å². The molecule has 0 bridgehead atoms. The molecule has 0 aliphatic rings. The lowest BCUT2D eigenvalue weighted by Crippen LogP contribution is -2.17. The summed E-state index contributed by atoms with van der Waals surface area (Å²) in [6.07, 6.45) is 2.32. The number of nitrogens with one attached hydrogen (secondary N) is 1. The van der Waals surface area contributed by atoms with Crippen LogP contribution in [-0.2, 0) is 0 Å². The summed E-state index contributed by atoms with van der Waals surface area (Å²) >= 11 is 12.2. The number of nitrogens with zero attached hydrogens (tertiary/aromatic N) is 1. The van der Waals surface area contributed by atoms with Gasteiger partial charge in [-0.1, -0.05) is 30.1 Å². The van der Waals surface area contributed by atoms with Gasteiger partial charge in [0.2, 0.25) is 0 Å². The number of halogens is 2. The Bertz CT molecular complexity index is 833. The minimum atomic E-state index is -0.384. The Morgan fingerprint density at radius 1 is 1.11 bits per heavy atom. The van der Waals surface area contributed by atoms with Gasteiger partial charge >= 0.3 is 0 Å². The second kappa shape index (κ2) is 10.8. The summed E-state index contributed by atoms with van der Waals surface area (Å²) in [6.45, 7) is 4.92. The second-order valence-electron chi connectivity index (χ2n) is 5.66. The highest BCUT2D eigenvalue weighted by molar-refractivity contribution is 6.37. The number of benzene rings is 2. The zero-order chi connectivity index (χ0) is 20.5. The molecular formula is C20H22Cl2N2O4. The van der Waals surface area contributed by atoms with Crippen LogP contribution >= 0.6 is 23.2 Å². The summed E-state index contributed by atoms with van der Waals surface area (Å²) in [5, 5.41) is 4.66. The molecule has 0 radical (unpaired) electrons. The zero-order valence-electron chi connectivity index (χ0n) is 15.9. The van der Waals surface area contributed by atoms with Gasteiger partial charge in [0.1, 0.15) is 0 Å². The number of amides is 1. The Hall–Kier alpha value is -2.44. The highest BCUT2D eigenvalue weighted by Gasteiger charge is 2.12. The third-order valence-corrected chi connectivity index (χ3v) is 4.13. The molecule has 0 heterocycles. The van der Waals surface area contributed by atoms with Crippen molar-refractivity contribution >= 4 is 35.3 Å². The van der Waals surface area contributed by atoms with Crippen molar-refractivity contribution in [1.82, 2.24) is 5.43 Å². The van der Waals surface area contributed by atoms with Crippen LogP contribution in [0.5, 0.6) is 17.2 Å². The number of rotatable bonds is 9. The van der Waals surface area contributed by atoms with Crippen molar-refractivity contribution < 1.29 is 19.0 Å². The van der Waals surface area contributed by atoms with Crippen molar-refractivity contribution in [2.75, 3.05) is 20.3 Å². The first-order chi connectivity index (χ1) is 13.5. The van der Waals surface area contributed by atoms with Gasteiger partial charge in [0, 0.05) is 5.56 Å². The third kappa shape index (κ3) is 5.78. The van der Waals surface area contributed by atoms with Gasteiger partial charge in [-0.3, -0.25) is 4.79 Å². The molecule has 0 saturated heterocycles. The molecule has 2 aromatic rings. The smallest absolute Gasteiger partial charge is 0.271 e. The van der Waals surface area contributed by atoms with Crippen molar-refractivity contribution in [3.05, 3.63) is 51.5 Å². The summed E-state index contributed by atoms with van der Waals surface area (Å²) in [4.78, 5) is 12.4. The molecule has 150 valence electrons. The monoisotopic (exact) mass is 424 g/mol. The number of hydrazone groups is 1. The Morgan fingerprint density at radius 3 is 2.43 bits per heavy atom. The van der Waals surface area contributed by atoms with Gasteiger partial charge in [0.05, 0.1) is 36.6 Å². The van der Waals surface area contributed by atoms with Crippen LogP contribution in [0, 0.1) is 0 Å². The van der Waals surface area contributed by atoms with Crippen molar-refractivity contribution in [2.45, 2.75) is 20.3 Å². The highest BCUT2D eigenvalue weighted by atomic mass is 35.5. The zero-order valence-corrected chi connectivity index (χ0v) is 17.4. The number of carbonyl (C=O) groups excluding carboxylic acids is 1. The quantitative estimate of drug-likeness (QED) is 0.456. The molecule has 0 saturated carbocycles. The third-order valence-electron chi connectivity index (χ3n) is 3.57. The summed E-state index contributed by atoms with van der Waals surface area (Å²) < 4.78 is 16.3. The van der Waals surface area contributed by atoms with E-state index in [4.69, 9.17) is 37.4 Å². The molecule has 0 aliphatic carbocycles. The lowest BCUT2D eigenvalue weighted by molar-refractivity contribution is 0.0954. The fraction of sp³-hybridized carbons (Fsp3) is 0.300. The van der Waals surface area contributed by atoms with Crippen molar-refractivity contribution in [1.29, 1.82) is 0 Å². The summed E-state index contributed by atoms with van der Waals surface area (Å²) in [5.74, 6) is 1.12. The highest BCUT2D eigenvalue weighted by Crippen LogP contribution is 2.33. The number of hydrogen-bond acceptors (Lipinski definition) is 5.